The van der Waals surface area contributed by atoms with Crippen LogP contribution in [0.1, 0.15) is 21.6 Å². The molecule has 0 aliphatic carbocycles. The Balaban J connectivity index is 1.76. The maximum Gasteiger partial charge on any atom is 0.339 e. The zero-order valence-electron chi connectivity index (χ0n) is 16.7. The Morgan fingerprint density at radius 3 is 2.32 bits per heavy atom. The largest absolute Gasteiger partial charge is 0.479 e. The number of thiol groups is 1. The molecule has 1 aromatic heterocycles. The number of carbonyl (C=O) groups is 1. The van der Waals surface area contributed by atoms with Crippen LogP contribution in [0.4, 0.5) is 11.4 Å². The van der Waals surface area contributed by atoms with Crippen molar-refractivity contribution in [2.45, 2.75) is 13.8 Å². The van der Waals surface area contributed by atoms with E-state index in [-0.39, 0.29) is 0 Å². The lowest BCUT2D eigenvalue weighted by atomic mass is 10.2. The first-order chi connectivity index (χ1) is 13.4. The number of esters is 1. The van der Waals surface area contributed by atoms with E-state index >= 15 is 0 Å². The molecule has 8 heteroatoms. The van der Waals surface area contributed by atoms with Gasteiger partial charge in [0.2, 0.25) is 5.88 Å². The van der Waals surface area contributed by atoms with Crippen LogP contribution in [0, 0.1) is 13.8 Å². The van der Waals surface area contributed by atoms with Gasteiger partial charge in [-0.15, -0.1) is 0 Å². The number of aryl methyl sites for hydroxylation is 2. The summed E-state index contributed by atoms with van der Waals surface area (Å²) in [5, 5.41) is 2.10. The lowest BCUT2D eigenvalue weighted by Gasteiger charge is -2.40. The average molecular weight is 403 g/mol. The molecule has 0 radical (unpaired) electrons. The fourth-order valence-corrected chi connectivity index (χ4v) is 3.56. The van der Waals surface area contributed by atoms with Gasteiger partial charge in [0.25, 0.3) is 0 Å². The fourth-order valence-electron chi connectivity index (χ4n) is 3.23. The van der Waals surface area contributed by atoms with E-state index in [0.717, 1.165) is 26.2 Å². The van der Waals surface area contributed by atoms with Crippen LogP contribution < -0.4 is 14.1 Å². The van der Waals surface area contributed by atoms with Crippen LogP contribution in [-0.4, -0.2) is 56.4 Å². The smallest absolute Gasteiger partial charge is 0.339 e. The molecule has 0 spiro atoms. The molecule has 1 saturated heterocycles. The first kappa shape index (κ1) is 20.3. The number of benzene rings is 1. The number of hydrogen-bond acceptors (Lipinski definition) is 8. The molecule has 0 amide bonds. The Labute approximate surface area is 171 Å². The normalized spacial score (nSPS) is 14.7. The summed E-state index contributed by atoms with van der Waals surface area (Å²) in [6.45, 7) is 7.13. The molecule has 0 saturated carbocycles. The van der Waals surface area contributed by atoms with Gasteiger partial charge in [0.1, 0.15) is 5.69 Å². The number of hydrazine groups is 1. The van der Waals surface area contributed by atoms with E-state index in [0.29, 0.717) is 22.8 Å². The Morgan fingerprint density at radius 1 is 1.11 bits per heavy atom. The summed E-state index contributed by atoms with van der Waals surface area (Å²) in [7, 11) is 2.91. The minimum absolute atomic E-state index is 0.399. The minimum atomic E-state index is -0.431. The van der Waals surface area contributed by atoms with E-state index in [1.807, 2.05) is 0 Å². The lowest BCUT2D eigenvalue weighted by molar-refractivity contribution is 0.0599. The summed E-state index contributed by atoms with van der Waals surface area (Å²) < 4.78 is 12.0. The first-order valence-corrected chi connectivity index (χ1v) is 9.54. The lowest BCUT2D eigenvalue weighted by Crippen LogP contribution is -2.51. The minimum Gasteiger partial charge on any atom is -0.479 e. The molecule has 28 heavy (non-hydrogen) atoms. The zero-order valence-corrected chi connectivity index (χ0v) is 17.6. The molecule has 3 rings (SSSR count). The Hall–Kier alpha value is -2.45. The topological polar surface area (TPSA) is 58.1 Å². The van der Waals surface area contributed by atoms with Crippen LogP contribution in [0.3, 0.4) is 0 Å². The van der Waals surface area contributed by atoms with E-state index < -0.39 is 5.97 Å². The third kappa shape index (κ3) is 4.18. The number of piperazine rings is 1. The van der Waals surface area contributed by atoms with Crippen molar-refractivity contribution in [1.82, 2.24) is 9.99 Å². The highest BCUT2D eigenvalue weighted by Gasteiger charge is 2.25. The van der Waals surface area contributed by atoms with Gasteiger partial charge in [0.15, 0.2) is 0 Å². The van der Waals surface area contributed by atoms with Crippen LogP contribution in [0.2, 0.25) is 0 Å². The number of carbonyl (C=O) groups excluding carboxylic acids is 1. The quantitative estimate of drug-likeness (QED) is 0.610. The Morgan fingerprint density at radius 2 is 1.75 bits per heavy atom. The van der Waals surface area contributed by atoms with Crippen molar-refractivity contribution in [3.8, 4) is 5.88 Å². The molecule has 1 aliphatic rings. The number of rotatable bonds is 5. The van der Waals surface area contributed by atoms with E-state index in [1.165, 1.54) is 18.4 Å². The number of methoxy groups -OCH3 is 2. The molecule has 1 aromatic carbocycles. The molecule has 0 bridgehead atoms. The summed E-state index contributed by atoms with van der Waals surface area (Å²) in [5.41, 5.74) is 4.04. The van der Waals surface area contributed by atoms with Crippen LogP contribution in [0.15, 0.2) is 30.3 Å². The predicted molar refractivity (Wildman–Crippen MR) is 113 cm³/mol. The molecule has 150 valence electrons. The van der Waals surface area contributed by atoms with Crippen molar-refractivity contribution in [1.29, 1.82) is 0 Å². The molecule has 0 N–H and O–H groups in total. The Bertz CT molecular complexity index is 836. The number of ether oxygens (including phenoxy) is 2. The van der Waals surface area contributed by atoms with Crippen molar-refractivity contribution < 1.29 is 14.3 Å². The number of hydrogen-bond donors (Lipinski definition) is 1. The number of pyridine rings is 1. The maximum absolute atomic E-state index is 12.0. The van der Waals surface area contributed by atoms with Crippen LogP contribution in [-0.2, 0) is 4.74 Å². The molecule has 1 fully saturated rings. The van der Waals surface area contributed by atoms with Crippen LogP contribution in [0.25, 0.3) is 0 Å². The third-order valence-corrected chi connectivity index (χ3v) is 5.36. The summed E-state index contributed by atoms with van der Waals surface area (Å²) in [5.74, 6) is -0.0130. The van der Waals surface area contributed by atoms with E-state index in [1.54, 1.807) is 24.5 Å². The fraction of sp³-hybridized carbons (Fsp3) is 0.400. The van der Waals surface area contributed by atoms with E-state index in [9.17, 15) is 4.79 Å². The van der Waals surface area contributed by atoms with Crippen molar-refractivity contribution in [3.05, 3.63) is 47.2 Å². The molecule has 2 aromatic rings. The zero-order chi connectivity index (χ0) is 20.3. The predicted octanol–water partition coefficient (Wildman–Crippen LogP) is 2.88. The van der Waals surface area contributed by atoms with Crippen molar-refractivity contribution >= 4 is 30.2 Å². The molecule has 1 aliphatic heterocycles. The third-order valence-electron chi connectivity index (χ3n) is 4.90. The molecule has 7 nitrogen and oxygen atoms in total. The summed E-state index contributed by atoms with van der Waals surface area (Å²) in [6.07, 6.45) is 0. The molecule has 0 atom stereocenters. The SMILES string of the molecule is COC(=O)c1cc(N(S)N2CCN(c3ccc(C)cc3)CC2)c(OC)nc1C. The summed E-state index contributed by atoms with van der Waals surface area (Å²) in [6, 6.07) is 10.3. The number of anilines is 2. The highest BCUT2D eigenvalue weighted by molar-refractivity contribution is 7.81. The first-order valence-electron chi connectivity index (χ1n) is 9.14. The van der Waals surface area contributed by atoms with Gasteiger partial charge in [-0.2, -0.15) is 0 Å². The standard InChI is InChI=1S/C20H26N4O3S/c1-14-5-7-16(8-6-14)22-9-11-23(12-10-22)24(28)18-13-17(20(25)27-4)15(2)21-19(18)26-3/h5-8,13,28H,9-12H2,1-4H3. The van der Waals surface area contributed by atoms with Crippen molar-refractivity contribution in [3.63, 3.8) is 0 Å². The van der Waals surface area contributed by atoms with Gasteiger partial charge in [-0.05, 0) is 44.9 Å². The van der Waals surface area contributed by atoms with Gasteiger partial charge >= 0.3 is 5.97 Å². The monoisotopic (exact) mass is 402 g/mol. The van der Waals surface area contributed by atoms with E-state index in [2.05, 4.69) is 58.9 Å². The van der Waals surface area contributed by atoms with Gasteiger partial charge in [-0.3, -0.25) is 0 Å². The summed E-state index contributed by atoms with van der Waals surface area (Å²) in [4.78, 5) is 18.8. The van der Waals surface area contributed by atoms with Crippen LogP contribution in [0.5, 0.6) is 5.88 Å². The highest BCUT2D eigenvalue weighted by Crippen LogP contribution is 2.32. The average Bonchev–Trinajstić information content (AvgIpc) is 2.73. The maximum atomic E-state index is 12.0. The van der Waals surface area contributed by atoms with E-state index in [4.69, 9.17) is 9.47 Å². The summed E-state index contributed by atoms with van der Waals surface area (Å²) >= 11 is 4.66. The second-order valence-electron chi connectivity index (χ2n) is 6.71. The molecule has 0 unspecified atom stereocenters. The van der Waals surface area contributed by atoms with Gasteiger partial charge in [-0.25, -0.2) is 19.2 Å². The van der Waals surface area contributed by atoms with Crippen molar-refractivity contribution in [2.24, 2.45) is 0 Å². The van der Waals surface area contributed by atoms with Gasteiger partial charge < -0.3 is 14.4 Å². The van der Waals surface area contributed by atoms with Crippen molar-refractivity contribution in [2.75, 3.05) is 49.7 Å². The number of nitrogens with zero attached hydrogens (tertiary/aromatic N) is 4. The molecular weight excluding hydrogens is 376 g/mol. The van der Waals surface area contributed by atoms with Gasteiger partial charge in [0.05, 0.1) is 25.5 Å². The van der Waals surface area contributed by atoms with Gasteiger partial charge in [0, 0.05) is 31.9 Å². The highest BCUT2D eigenvalue weighted by atomic mass is 32.1. The number of aromatic nitrogens is 1. The molecular formula is C20H26N4O3S. The van der Waals surface area contributed by atoms with Gasteiger partial charge in [-0.1, -0.05) is 17.7 Å². The molecule has 2 heterocycles. The second kappa shape index (κ2) is 8.70. The van der Waals surface area contributed by atoms with Crippen LogP contribution >= 0.6 is 12.8 Å². The second-order valence-corrected chi connectivity index (χ2v) is 7.09. The Kier molecular flexibility index (Phi) is 6.31.